The third-order valence-electron chi connectivity index (χ3n) is 4.92. The van der Waals surface area contributed by atoms with Crippen LogP contribution in [0.15, 0.2) is 71.3 Å². The van der Waals surface area contributed by atoms with Crippen molar-refractivity contribution in [3.05, 3.63) is 72.7 Å². The van der Waals surface area contributed by atoms with Gasteiger partial charge in [-0.1, -0.05) is 6.07 Å². The van der Waals surface area contributed by atoms with Crippen molar-refractivity contribution < 1.29 is 23.5 Å². The first-order valence-electron chi connectivity index (χ1n) is 10.5. The first kappa shape index (κ1) is 21.5. The van der Waals surface area contributed by atoms with Crippen molar-refractivity contribution in [3.8, 4) is 5.75 Å². The highest BCUT2D eigenvalue weighted by molar-refractivity contribution is 6.02. The van der Waals surface area contributed by atoms with Crippen molar-refractivity contribution >= 4 is 28.9 Å². The van der Waals surface area contributed by atoms with Gasteiger partial charge in [-0.25, -0.2) is 0 Å². The molecule has 1 aromatic heterocycles. The molecule has 3 aromatic rings. The number of carbonyl (C=O) groups is 2. The minimum absolute atomic E-state index is 0.0762. The third-order valence-corrected chi connectivity index (χ3v) is 4.92. The van der Waals surface area contributed by atoms with E-state index in [0.29, 0.717) is 23.7 Å². The Bertz CT molecular complexity index is 1030. The Labute approximate surface area is 185 Å². The van der Waals surface area contributed by atoms with Gasteiger partial charge in [-0.05, 0) is 67.4 Å². The number of rotatable bonds is 9. The molecule has 8 heteroatoms. The van der Waals surface area contributed by atoms with Crippen LogP contribution < -0.4 is 20.7 Å². The van der Waals surface area contributed by atoms with Crippen LogP contribution in [0.1, 0.15) is 23.4 Å². The van der Waals surface area contributed by atoms with Gasteiger partial charge in [-0.15, -0.1) is 0 Å². The zero-order valence-electron chi connectivity index (χ0n) is 17.5. The van der Waals surface area contributed by atoms with E-state index in [4.69, 9.17) is 13.9 Å². The molecule has 3 N–H and O–H groups in total. The second-order valence-electron chi connectivity index (χ2n) is 7.38. The molecule has 1 unspecified atom stereocenters. The van der Waals surface area contributed by atoms with Crippen molar-refractivity contribution in [2.45, 2.75) is 18.9 Å². The standard InChI is InChI=1S/C24H25N3O5/c28-23(26-17-8-10-20(11-9-17)32-16-21-6-2-12-30-21)15-25-18-4-1-5-19(14-18)27-24(29)22-7-3-13-31-22/h1,3-5,7-11,13-14,21,25H,2,6,12,15-16H2,(H,26,28)(H,27,29). The molecule has 4 rings (SSSR count). The molecular weight excluding hydrogens is 410 g/mol. The number of amides is 2. The molecule has 166 valence electrons. The summed E-state index contributed by atoms with van der Waals surface area (Å²) in [5.74, 6) is 0.437. The second kappa shape index (κ2) is 10.5. The second-order valence-corrected chi connectivity index (χ2v) is 7.38. The van der Waals surface area contributed by atoms with Gasteiger partial charge < -0.3 is 29.8 Å². The van der Waals surface area contributed by atoms with Crippen LogP contribution in [-0.2, 0) is 9.53 Å². The highest BCUT2D eigenvalue weighted by Gasteiger charge is 2.16. The molecular formula is C24H25N3O5. The lowest BCUT2D eigenvalue weighted by atomic mass is 10.2. The van der Waals surface area contributed by atoms with Crippen LogP contribution in [-0.4, -0.2) is 37.7 Å². The Hall–Kier alpha value is -3.78. The van der Waals surface area contributed by atoms with Crippen molar-refractivity contribution in [2.24, 2.45) is 0 Å². The molecule has 1 atom stereocenters. The summed E-state index contributed by atoms with van der Waals surface area (Å²) in [6.45, 7) is 1.42. The van der Waals surface area contributed by atoms with E-state index in [0.717, 1.165) is 25.2 Å². The van der Waals surface area contributed by atoms with Crippen LogP contribution in [0.2, 0.25) is 0 Å². The summed E-state index contributed by atoms with van der Waals surface area (Å²) in [7, 11) is 0. The molecule has 1 aliphatic rings. The molecule has 0 saturated carbocycles. The van der Waals surface area contributed by atoms with E-state index in [2.05, 4.69) is 16.0 Å². The van der Waals surface area contributed by atoms with Gasteiger partial charge in [-0.2, -0.15) is 0 Å². The lowest BCUT2D eigenvalue weighted by Gasteiger charge is -2.12. The molecule has 0 aliphatic carbocycles. The van der Waals surface area contributed by atoms with Gasteiger partial charge in [0.25, 0.3) is 5.91 Å². The van der Waals surface area contributed by atoms with E-state index in [1.165, 1.54) is 6.26 Å². The van der Waals surface area contributed by atoms with Gasteiger partial charge >= 0.3 is 0 Å². The molecule has 0 spiro atoms. The molecule has 2 heterocycles. The molecule has 2 amide bonds. The highest BCUT2D eigenvalue weighted by atomic mass is 16.5. The normalized spacial score (nSPS) is 15.2. The van der Waals surface area contributed by atoms with Crippen LogP contribution in [0, 0.1) is 0 Å². The Balaban J connectivity index is 1.22. The van der Waals surface area contributed by atoms with E-state index in [-0.39, 0.29) is 30.2 Å². The van der Waals surface area contributed by atoms with Gasteiger partial charge in [0.05, 0.1) is 18.9 Å². The minimum Gasteiger partial charge on any atom is -0.491 e. The average molecular weight is 435 g/mol. The fourth-order valence-corrected chi connectivity index (χ4v) is 3.29. The first-order chi connectivity index (χ1) is 15.7. The zero-order valence-corrected chi connectivity index (χ0v) is 17.5. The van der Waals surface area contributed by atoms with Crippen LogP contribution >= 0.6 is 0 Å². The largest absolute Gasteiger partial charge is 0.491 e. The maximum Gasteiger partial charge on any atom is 0.291 e. The summed E-state index contributed by atoms with van der Waals surface area (Å²) >= 11 is 0. The number of anilines is 3. The summed E-state index contributed by atoms with van der Waals surface area (Å²) in [5.41, 5.74) is 1.98. The van der Waals surface area contributed by atoms with Crippen molar-refractivity contribution in [1.29, 1.82) is 0 Å². The van der Waals surface area contributed by atoms with Gasteiger partial charge in [-0.3, -0.25) is 9.59 Å². The Morgan fingerprint density at radius 3 is 2.56 bits per heavy atom. The van der Waals surface area contributed by atoms with E-state index < -0.39 is 0 Å². The van der Waals surface area contributed by atoms with E-state index >= 15 is 0 Å². The average Bonchev–Trinajstić information content (AvgIpc) is 3.52. The molecule has 1 fully saturated rings. The van der Waals surface area contributed by atoms with Crippen molar-refractivity contribution in [1.82, 2.24) is 0 Å². The highest BCUT2D eigenvalue weighted by Crippen LogP contribution is 2.19. The predicted molar refractivity (Wildman–Crippen MR) is 121 cm³/mol. The summed E-state index contributed by atoms with van der Waals surface area (Å²) in [5, 5.41) is 8.64. The molecule has 1 aliphatic heterocycles. The van der Waals surface area contributed by atoms with Gasteiger partial charge in [0.2, 0.25) is 5.91 Å². The summed E-state index contributed by atoms with van der Waals surface area (Å²) in [6, 6.07) is 17.6. The molecule has 0 radical (unpaired) electrons. The van der Waals surface area contributed by atoms with Crippen LogP contribution in [0.5, 0.6) is 5.75 Å². The zero-order chi connectivity index (χ0) is 22.2. The van der Waals surface area contributed by atoms with E-state index in [1.807, 2.05) is 18.2 Å². The quantitative estimate of drug-likeness (QED) is 0.467. The molecule has 2 aromatic carbocycles. The van der Waals surface area contributed by atoms with Crippen LogP contribution in [0.4, 0.5) is 17.1 Å². The smallest absolute Gasteiger partial charge is 0.291 e. The van der Waals surface area contributed by atoms with E-state index in [9.17, 15) is 9.59 Å². The molecule has 8 nitrogen and oxygen atoms in total. The predicted octanol–water partition coefficient (Wildman–Crippen LogP) is 4.14. The number of benzene rings is 2. The molecule has 0 bridgehead atoms. The topological polar surface area (TPSA) is 102 Å². The number of carbonyl (C=O) groups excluding carboxylic acids is 2. The lowest BCUT2D eigenvalue weighted by Crippen LogP contribution is -2.21. The minimum atomic E-state index is -0.340. The van der Waals surface area contributed by atoms with Gasteiger partial charge in [0, 0.05) is 23.7 Å². The number of hydrogen-bond donors (Lipinski definition) is 3. The summed E-state index contributed by atoms with van der Waals surface area (Å²) in [6.07, 6.45) is 3.71. The van der Waals surface area contributed by atoms with Gasteiger partial charge in [0.1, 0.15) is 12.4 Å². The van der Waals surface area contributed by atoms with Crippen molar-refractivity contribution in [2.75, 3.05) is 35.7 Å². The van der Waals surface area contributed by atoms with Gasteiger partial charge in [0.15, 0.2) is 5.76 Å². The fourth-order valence-electron chi connectivity index (χ4n) is 3.29. The number of ether oxygens (including phenoxy) is 2. The van der Waals surface area contributed by atoms with Crippen molar-refractivity contribution in [3.63, 3.8) is 0 Å². The Kier molecular flexibility index (Phi) is 7.04. The fraction of sp³-hybridized carbons (Fsp3) is 0.250. The number of hydrogen-bond acceptors (Lipinski definition) is 6. The van der Waals surface area contributed by atoms with Crippen LogP contribution in [0.3, 0.4) is 0 Å². The lowest BCUT2D eigenvalue weighted by molar-refractivity contribution is -0.114. The molecule has 32 heavy (non-hydrogen) atoms. The SMILES string of the molecule is O=C(CNc1cccc(NC(=O)c2ccco2)c1)Nc1ccc(OCC2CCCO2)cc1. The van der Waals surface area contributed by atoms with Crippen LogP contribution in [0.25, 0.3) is 0 Å². The summed E-state index contributed by atoms with van der Waals surface area (Å²) < 4.78 is 16.4. The first-order valence-corrected chi connectivity index (χ1v) is 10.5. The third kappa shape index (κ3) is 6.12. The Morgan fingerprint density at radius 1 is 0.969 bits per heavy atom. The maximum atomic E-state index is 12.3. The monoisotopic (exact) mass is 435 g/mol. The maximum absolute atomic E-state index is 12.3. The number of nitrogens with one attached hydrogen (secondary N) is 3. The number of furan rings is 1. The summed E-state index contributed by atoms with van der Waals surface area (Å²) in [4.78, 5) is 24.4. The molecule has 1 saturated heterocycles. The Morgan fingerprint density at radius 2 is 1.81 bits per heavy atom. The van der Waals surface area contributed by atoms with E-state index in [1.54, 1.807) is 42.5 Å².